The van der Waals surface area contributed by atoms with E-state index in [2.05, 4.69) is 26.1 Å². The number of hydrogen-bond acceptors (Lipinski definition) is 1. The van der Waals surface area contributed by atoms with Crippen LogP contribution in [0.1, 0.15) is 34.6 Å². The first kappa shape index (κ1) is 15.7. The van der Waals surface area contributed by atoms with Crippen LogP contribution in [0.2, 0.25) is 0 Å². The molecule has 1 rings (SSSR count). The molecule has 0 heterocycles. The number of rotatable bonds is 6. The van der Waals surface area contributed by atoms with Crippen LogP contribution in [0.15, 0.2) is 30.3 Å². The van der Waals surface area contributed by atoms with E-state index in [4.69, 9.17) is 0 Å². The largest absolute Gasteiger partial charge is 0.321 e. The molecular weight excluding hydrogens is 236 g/mol. The predicted molar refractivity (Wildman–Crippen MR) is 81.0 cm³/mol. The first-order chi connectivity index (χ1) is 8.93. The Labute approximate surface area is 117 Å². The van der Waals surface area contributed by atoms with Crippen LogP contribution in [0.4, 0.5) is 5.69 Å². The number of para-hydroxylation sites is 1. The van der Waals surface area contributed by atoms with Crippen molar-refractivity contribution in [3.8, 4) is 0 Å². The number of hydrogen-bond donors (Lipinski definition) is 1. The topological polar surface area (TPSA) is 29.1 Å². The van der Waals surface area contributed by atoms with Gasteiger partial charge in [-0.25, -0.2) is 0 Å². The highest BCUT2D eigenvalue weighted by Gasteiger charge is 2.46. The number of benzene rings is 1. The summed E-state index contributed by atoms with van der Waals surface area (Å²) >= 11 is 0. The fourth-order valence-electron chi connectivity index (χ4n) is 2.88. The van der Waals surface area contributed by atoms with Crippen molar-refractivity contribution in [3.05, 3.63) is 30.3 Å². The Hall–Kier alpha value is -1.35. The Morgan fingerprint density at radius 2 is 1.53 bits per heavy atom. The summed E-state index contributed by atoms with van der Waals surface area (Å²) in [6.07, 6.45) is 0. The Bertz CT molecular complexity index is 400. The lowest BCUT2D eigenvalue weighted by Crippen LogP contribution is -2.66. The smallest absolute Gasteiger partial charge is 0.285 e. The first-order valence-electron chi connectivity index (χ1n) is 7.16. The van der Waals surface area contributed by atoms with E-state index in [1.807, 2.05) is 44.2 Å². The lowest BCUT2D eigenvalue weighted by molar-refractivity contribution is -0.958. The Morgan fingerprint density at radius 1 is 1.05 bits per heavy atom. The molecule has 0 fully saturated rings. The van der Waals surface area contributed by atoms with E-state index < -0.39 is 5.54 Å². The third kappa shape index (κ3) is 2.98. The van der Waals surface area contributed by atoms with Crippen molar-refractivity contribution >= 4 is 11.6 Å². The van der Waals surface area contributed by atoms with Crippen molar-refractivity contribution in [2.45, 2.75) is 40.2 Å². The zero-order valence-electron chi connectivity index (χ0n) is 12.9. The van der Waals surface area contributed by atoms with Gasteiger partial charge in [0.05, 0.1) is 19.6 Å². The molecule has 1 amide bonds. The fourth-order valence-corrected chi connectivity index (χ4v) is 2.88. The molecule has 0 atom stereocenters. The number of carbonyl (C=O) groups is 1. The van der Waals surface area contributed by atoms with Crippen molar-refractivity contribution in [1.29, 1.82) is 0 Å². The molecule has 1 aromatic rings. The highest BCUT2D eigenvalue weighted by molar-refractivity contribution is 5.96. The van der Waals surface area contributed by atoms with E-state index in [1.54, 1.807) is 0 Å². The van der Waals surface area contributed by atoms with E-state index >= 15 is 0 Å². The van der Waals surface area contributed by atoms with Gasteiger partial charge in [0, 0.05) is 5.69 Å². The minimum Gasteiger partial charge on any atom is -0.321 e. The van der Waals surface area contributed by atoms with Gasteiger partial charge in [-0.05, 0) is 46.8 Å². The van der Waals surface area contributed by atoms with E-state index in [9.17, 15) is 4.79 Å². The van der Waals surface area contributed by atoms with Crippen molar-refractivity contribution in [1.82, 2.24) is 0 Å². The van der Waals surface area contributed by atoms with Crippen LogP contribution in [-0.2, 0) is 4.79 Å². The van der Waals surface area contributed by atoms with Crippen LogP contribution >= 0.6 is 0 Å². The molecular formula is C16H27N2O+. The predicted octanol–water partition coefficient (Wildman–Crippen LogP) is 3.28. The van der Waals surface area contributed by atoms with E-state index in [1.165, 1.54) is 0 Å². The lowest BCUT2D eigenvalue weighted by atomic mass is 9.96. The maximum atomic E-state index is 12.6. The van der Waals surface area contributed by atoms with Gasteiger partial charge in [-0.15, -0.1) is 0 Å². The number of nitrogens with one attached hydrogen (secondary N) is 1. The molecule has 3 heteroatoms. The van der Waals surface area contributed by atoms with E-state index in [0.29, 0.717) is 0 Å². The van der Waals surface area contributed by atoms with E-state index in [0.717, 1.165) is 29.8 Å². The minimum atomic E-state index is -0.436. The zero-order chi connectivity index (χ0) is 14.5. The fraction of sp³-hybridized carbons (Fsp3) is 0.562. The zero-order valence-corrected chi connectivity index (χ0v) is 12.9. The van der Waals surface area contributed by atoms with Gasteiger partial charge in [0.2, 0.25) is 0 Å². The molecule has 3 nitrogen and oxygen atoms in total. The molecule has 0 saturated carbocycles. The molecule has 0 aromatic heterocycles. The summed E-state index contributed by atoms with van der Waals surface area (Å²) in [6, 6.07) is 9.67. The molecule has 1 N–H and O–H groups in total. The van der Waals surface area contributed by atoms with E-state index in [-0.39, 0.29) is 5.91 Å². The van der Waals surface area contributed by atoms with Gasteiger partial charge >= 0.3 is 0 Å². The summed E-state index contributed by atoms with van der Waals surface area (Å²) in [4.78, 5) is 12.6. The summed E-state index contributed by atoms with van der Waals surface area (Å²) in [7, 11) is 0. The number of anilines is 1. The number of nitrogens with zero attached hydrogens (tertiary/aromatic N) is 1. The van der Waals surface area contributed by atoms with Gasteiger partial charge in [0.1, 0.15) is 0 Å². The second-order valence-electron chi connectivity index (χ2n) is 5.47. The monoisotopic (exact) mass is 263 g/mol. The Balaban J connectivity index is 2.96. The van der Waals surface area contributed by atoms with Crippen LogP contribution in [0.5, 0.6) is 0 Å². The molecule has 0 radical (unpaired) electrons. The number of likely N-dealkylation sites (N-methyl/N-ethyl adjacent to an activating group) is 1. The van der Waals surface area contributed by atoms with Gasteiger partial charge in [0.15, 0.2) is 5.54 Å². The maximum Gasteiger partial charge on any atom is 0.285 e. The van der Waals surface area contributed by atoms with Gasteiger partial charge < -0.3 is 9.80 Å². The van der Waals surface area contributed by atoms with Gasteiger partial charge in [-0.2, -0.15) is 0 Å². The third-order valence-electron chi connectivity index (χ3n) is 4.59. The van der Waals surface area contributed by atoms with Crippen LogP contribution in [0, 0.1) is 0 Å². The van der Waals surface area contributed by atoms with Crippen molar-refractivity contribution in [2.75, 3.05) is 25.0 Å². The quantitative estimate of drug-likeness (QED) is 0.784. The van der Waals surface area contributed by atoms with Crippen molar-refractivity contribution in [2.24, 2.45) is 0 Å². The molecule has 0 spiro atoms. The minimum absolute atomic E-state index is 0.0873. The van der Waals surface area contributed by atoms with Crippen molar-refractivity contribution < 1.29 is 9.28 Å². The number of quaternary nitrogens is 1. The molecule has 106 valence electrons. The second-order valence-corrected chi connectivity index (χ2v) is 5.47. The summed E-state index contributed by atoms with van der Waals surface area (Å²) in [6.45, 7) is 13.4. The average molecular weight is 263 g/mol. The molecule has 0 aliphatic rings. The highest BCUT2D eigenvalue weighted by atomic mass is 16.2. The summed E-state index contributed by atoms with van der Waals surface area (Å²) in [5.74, 6) is 0.0873. The van der Waals surface area contributed by atoms with Gasteiger partial charge in [-0.3, -0.25) is 4.79 Å². The molecule has 0 aliphatic carbocycles. The SMILES string of the molecule is CC[N+](CC)(CC)C(C)(C)C(=O)Nc1ccccc1. The standard InChI is InChI=1S/C16H26N2O/c1-6-18(7-2,8-3)16(4,5)15(19)17-14-12-10-9-11-13-14/h9-13H,6-8H2,1-5H3/p+1. The van der Waals surface area contributed by atoms with Crippen LogP contribution in [0.3, 0.4) is 0 Å². The lowest BCUT2D eigenvalue weighted by Gasteiger charge is -2.47. The summed E-state index contributed by atoms with van der Waals surface area (Å²) in [5, 5.41) is 3.04. The molecule has 19 heavy (non-hydrogen) atoms. The normalized spacial score (nSPS) is 12.3. The summed E-state index contributed by atoms with van der Waals surface area (Å²) < 4.78 is 0.797. The van der Waals surface area contributed by atoms with Crippen molar-refractivity contribution in [3.63, 3.8) is 0 Å². The third-order valence-corrected chi connectivity index (χ3v) is 4.59. The van der Waals surface area contributed by atoms with Crippen LogP contribution in [0.25, 0.3) is 0 Å². The first-order valence-corrected chi connectivity index (χ1v) is 7.16. The van der Waals surface area contributed by atoms with Crippen LogP contribution < -0.4 is 5.32 Å². The van der Waals surface area contributed by atoms with Gasteiger partial charge in [-0.1, -0.05) is 18.2 Å². The number of amides is 1. The molecule has 0 unspecified atom stereocenters. The van der Waals surface area contributed by atoms with Gasteiger partial charge in [0.25, 0.3) is 5.91 Å². The molecule has 0 aliphatic heterocycles. The molecule has 0 bridgehead atoms. The summed E-state index contributed by atoms with van der Waals surface area (Å²) in [5.41, 5.74) is 0.427. The molecule has 1 aromatic carbocycles. The number of carbonyl (C=O) groups excluding carboxylic acids is 1. The second kappa shape index (κ2) is 6.20. The Kier molecular flexibility index (Phi) is 5.12. The molecule has 0 saturated heterocycles. The highest BCUT2D eigenvalue weighted by Crippen LogP contribution is 2.26. The van der Waals surface area contributed by atoms with Crippen LogP contribution in [-0.4, -0.2) is 35.6 Å². The maximum absolute atomic E-state index is 12.6. The Morgan fingerprint density at radius 3 is 1.95 bits per heavy atom. The average Bonchev–Trinajstić information content (AvgIpc) is 2.42.